The Morgan fingerprint density at radius 1 is 1.15 bits per heavy atom. The molecule has 0 fully saturated rings. The average molecular weight is 392 g/mol. The summed E-state index contributed by atoms with van der Waals surface area (Å²) in [7, 11) is 0. The molecular formula is C19H15Cl2NO4. The number of ether oxygens (including phenoxy) is 1. The SMILES string of the molecule is CCOC(=O)C1=C(O)C(=O)N(c2ccc(Cl)cc2)C1c1ccccc1Cl. The summed E-state index contributed by atoms with van der Waals surface area (Å²) in [5, 5.41) is 11.2. The molecule has 1 N–H and O–H groups in total. The van der Waals surface area contributed by atoms with Crippen molar-refractivity contribution in [1.82, 2.24) is 0 Å². The second-order valence-corrected chi connectivity index (χ2v) is 6.40. The van der Waals surface area contributed by atoms with Crippen molar-refractivity contribution in [3.8, 4) is 0 Å². The number of esters is 1. The molecule has 0 saturated heterocycles. The molecule has 0 radical (unpaired) electrons. The van der Waals surface area contributed by atoms with Crippen molar-refractivity contribution in [3.05, 3.63) is 75.5 Å². The number of hydrogen-bond acceptors (Lipinski definition) is 4. The highest BCUT2D eigenvalue weighted by Crippen LogP contribution is 2.43. The Kier molecular flexibility index (Phi) is 5.20. The summed E-state index contributed by atoms with van der Waals surface area (Å²) in [6.07, 6.45) is 0. The molecule has 0 saturated carbocycles. The quantitative estimate of drug-likeness (QED) is 0.781. The fraction of sp³-hybridized carbons (Fsp3) is 0.158. The van der Waals surface area contributed by atoms with E-state index in [9.17, 15) is 14.7 Å². The van der Waals surface area contributed by atoms with Gasteiger partial charge in [-0.2, -0.15) is 0 Å². The van der Waals surface area contributed by atoms with Crippen LogP contribution in [0.5, 0.6) is 0 Å². The molecule has 1 amide bonds. The van der Waals surface area contributed by atoms with Gasteiger partial charge in [-0.25, -0.2) is 4.79 Å². The maximum atomic E-state index is 12.7. The number of aliphatic hydroxyl groups excluding tert-OH is 1. The van der Waals surface area contributed by atoms with Gasteiger partial charge in [0.2, 0.25) is 0 Å². The summed E-state index contributed by atoms with van der Waals surface area (Å²) in [6, 6.07) is 12.4. The molecule has 2 aromatic rings. The predicted octanol–water partition coefficient (Wildman–Crippen LogP) is 4.46. The molecule has 1 heterocycles. The fourth-order valence-electron chi connectivity index (χ4n) is 2.88. The highest BCUT2D eigenvalue weighted by molar-refractivity contribution is 6.32. The van der Waals surface area contributed by atoms with Crippen LogP contribution in [-0.2, 0) is 14.3 Å². The van der Waals surface area contributed by atoms with Crippen LogP contribution in [0.1, 0.15) is 18.5 Å². The van der Waals surface area contributed by atoms with Crippen LogP contribution in [0.2, 0.25) is 10.0 Å². The summed E-state index contributed by atoms with van der Waals surface area (Å²) in [4.78, 5) is 26.5. The molecule has 26 heavy (non-hydrogen) atoms. The predicted molar refractivity (Wildman–Crippen MR) is 99.4 cm³/mol. The first-order valence-electron chi connectivity index (χ1n) is 7.89. The molecule has 3 rings (SSSR count). The van der Waals surface area contributed by atoms with Crippen LogP contribution in [0, 0.1) is 0 Å². The van der Waals surface area contributed by atoms with Gasteiger partial charge in [-0.1, -0.05) is 41.4 Å². The zero-order valence-corrected chi connectivity index (χ0v) is 15.3. The molecule has 1 unspecified atom stereocenters. The van der Waals surface area contributed by atoms with Gasteiger partial charge < -0.3 is 9.84 Å². The summed E-state index contributed by atoms with van der Waals surface area (Å²) in [5.74, 6) is -2.12. The minimum Gasteiger partial charge on any atom is -0.503 e. The van der Waals surface area contributed by atoms with Crippen LogP contribution >= 0.6 is 23.2 Å². The van der Waals surface area contributed by atoms with E-state index in [4.69, 9.17) is 27.9 Å². The number of amides is 1. The van der Waals surface area contributed by atoms with E-state index in [1.165, 1.54) is 4.90 Å². The normalized spacial score (nSPS) is 17.0. The number of benzene rings is 2. The van der Waals surface area contributed by atoms with Crippen LogP contribution in [0.25, 0.3) is 0 Å². The maximum Gasteiger partial charge on any atom is 0.340 e. The first-order valence-corrected chi connectivity index (χ1v) is 8.65. The average Bonchev–Trinajstić information content (AvgIpc) is 2.88. The minimum absolute atomic E-state index is 0.111. The summed E-state index contributed by atoms with van der Waals surface area (Å²) in [5.41, 5.74) is 0.833. The van der Waals surface area contributed by atoms with E-state index in [1.54, 1.807) is 55.5 Å². The van der Waals surface area contributed by atoms with Crippen molar-refractivity contribution in [2.24, 2.45) is 0 Å². The third kappa shape index (κ3) is 3.16. The molecule has 1 aliphatic heterocycles. The molecule has 0 aliphatic carbocycles. The number of nitrogens with zero attached hydrogens (tertiary/aromatic N) is 1. The molecule has 1 atom stereocenters. The number of carbonyl (C=O) groups is 2. The highest BCUT2D eigenvalue weighted by Gasteiger charge is 2.45. The molecule has 2 aromatic carbocycles. The van der Waals surface area contributed by atoms with Crippen LogP contribution in [0.4, 0.5) is 5.69 Å². The van der Waals surface area contributed by atoms with E-state index in [2.05, 4.69) is 0 Å². The number of carbonyl (C=O) groups excluding carboxylic acids is 2. The van der Waals surface area contributed by atoms with Gasteiger partial charge >= 0.3 is 5.97 Å². The smallest absolute Gasteiger partial charge is 0.340 e. The first-order chi connectivity index (χ1) is 12.5. The van der Waals surface area contributed by atoms with Crippen molar-refractivity contribution >= 4 is 40.8 Å². The Morgan fingerprint density at radius 2 is 1.81 bits per heavy atom. The third-order valence-corrected chi connectivity index (χ3v) is 4.60. The second-order valence-electron chi connectivity index (χ2n) is 5.56. The fourth-order valence-corrected chi connectivity index (χ4v) is 3.25. The van der Waals surface area contributed by atoms with Crippen LogP contribution in [0.15, 0.2) is 59.9 Å². The third-order valence-electron chi connectivity index (χ3n) is 4.01. The minimum atomic E-state index is -0.906. The Labute approximate surface area is 160 Å². The van der Waals surface area contributed by atoms with E-state index in [0.717, 1.165) is 0 Å². The van der Waals surface area contributed by atoms with Gasteiger partial charge in [-0.3, -0.25) is 9.69 Å². The number of anilines is 1. The largest absolute Gasteiger partial charge is 0.503 e. The molecule has 1 aliphatic rings. The zero-order chi connectivity index (χ0) is 18.8. The zero-order valence-electron chi connectivity index (χ0n) is 13.8. The monoisotopic (exact) mass is 391 g/mol. The lowest BCUT2D eigenvalue weighted by Gasteiger charge is -2.27. The number of hydrogen-bond donors (Lipinski definition) is 1. The van der Waals surface area contributed by atoms with E-state index in [-0.39, 0.29) is 12.2 Å². The van der Waals surface area contributed by atoms with Crippen molar-refractivity contribution in [1.29, 1.82) is 0 Å². The van der Waals surface area contributed by atoms with Gasteiger partial charge in [-0.05, 0) is 42.8 Å². The molecule has 134 valence electrons. The Morgan fingerprint density at radius 3 is 2.42 bits per heavy atom. The standard InChI is InChI=1S/C19H15Cl2NO4/c1-2-26-19(25)15-16(13-5-3-4-6-14(13)21)22(18(24)17(15)23)12-9-7-11(20)8-10-12/h3-10,16,23H,2H2,1H3. The van der Waals surface area contributed by atoms with E-state index in [0.29, 0.717) is 21.3 Å². The first kappa shape index (κ1) is 18.3. The number of aliphatic hydroxyl groups is 1. The van der Waals surface area contributed by atoms with E-state index >= 15 is 0 Å². The lowest BCUT2D eigenvalue weighted by atomic mass is 9.99. The van der Waals surface area contributed by atoms with Crippen LogP contribution < -0.4 is 4.90 Å². The molecular weight excluding hydrogens is 377 g/mol. The molecule has 5 nitrogen and oxygen atoms in total. The number of halogens is 2. The van der Waals surface area contributed by atoms with Crippen molar-refractivity contribution in [3.63, 3.8) is 0 Å². The molecule has 0 aromatic heterocycles. The molecule has 7 heteroatoms. The van der Waals surface area contributed by atoms with E-state index < -0.39 is 23.7 Å². The molecule has 0 spiro atoms. The van der Waals surface area contributed by atoms with Gasteiger partial charge in [0.25, 0.3) is 5.91 Å². The topological polar surface area (TPSA) is 66.8 Å². The summed E-state index contributed by atoms with van der Waals surface area (Å²) in [6.45, 7) is 1.76. The Hall–Kier alpha value is -2.50. The highest BCUT2D eigenvalue weighted by atomic mass is 35.5. The maximum absolute atomic E-state index is 12.7. The van der Waals surface area contributed by atoms with Gasteiger partial charge in [0.15, 0.2) is 5.76 Å². The Bertz CT molecular complexity index is 893. The molecule has 0 bridgehead atoms. The summed E-state index contributed by atoms with van der Waals surface area (Å²) < 4.78 is 5.04. The van der Waals surface area contributed by atoms with Crippen LogP contribution in [-0.4, -0.2) is 23.6 Å². The van der Waals surface area contributed by atoms with Gasteiger partial charge in [0, 0.05) is 15.7 Å². The lowest BCUT2D eigenvalue weighted by molar-refractivity contribution is -0.139. The van der Waals surface area contributed by atoms with Gasteiger partial charge in [-0.15, -0.1) is 0 Å². The van der Waals surface area contributed by atoms with Crippen molar-refractivity contribution in [2.45, 2.75) is 13.0 Å². The number of rotatable bonds is 4. The van der Waals surface area contributed by atoms with Gasteiger partial charge in [0.05, 0.1) is 6.61 Å². The van der Waals surface area contributed by atoms with Crippen molar-refractivity contribution in [2.75, 3.05) is 11.5 Å². The second kappa shape index (κ2) is 7.40. The van der Waals surface area contributed by atoms with E-state index in [1.807, 2.05) is 0 Å². The van der Waals surface area contributed by atoms with Gasteiger partial charge in [0.1, 0.15) is 11.6 Å². The lowest BCUT2D eigenvalue weighted by Crippen LogP contribution is -2.31. The van der Waals surface area contributed by atoms with Crippen LogP contribution in [0.3, 0.4) is 0 Å². The Balaban J connectivity index is 2.18. The van der Waals surface area contributed by atoms with Crippen molar-refractivity contribution < 1.29 is 19.4 Å². The summed E-state index contributed by atoms with van der Waals surface area (Å²) >= 11 is 12.2.